The smallest absolute Gasteiger partial charge is 0.0104 e. The van der Waals surface area contributed by atoms with Gasteiger partial charge in [0, 0.05) is 19.6 Å². The lowest BCUT2D eigenvalue weighted by Crippen LogP contribution is -2.32. The Labute approximate surface area is 96.4 Å². The molecule has 0 aromatic carbocycles. The molecule has 92 valence electrons. The van der Waals surface area contributed by atoms with E-state index in [1.165, 1.54) is 13.0 Å². The molecule has 0 amide bonds. The number of nitrogens with one attached hydrogen (secondary N) is 1. The van der Waals surface area contributed by atoms with Crippen LogP contribution in [-0.4, -0.2) is 38.1 Å². The van der Waals surface area contributed by atoms with E-state index in [0.29, 0.717) is 5.41 Å². The van der Waals surface area contributed by atoms with Crippen LogP contribution in [0.2, 0.25) is 0 Å². The van der Waals surface area contributed by atoms with Gasteiger partial charge in [-0.25, -0.2) is 0 Å². The number of hydrogen-bond acceptors (Lipinski definition) is 2. The normalized spacial score (nSPS) is 12.8. The summed E-state index contributed by atoms with van der Waals surface area (Å²) in [6, 6.07) is 0. The van der Waals surface area contributed by atoms with Gasteiger partial charge in [-0.1, -0.05) is 34.6 Å². The predicted octanol–water partition coefficient (Wildman–Crippen LogP) is 2.60. The molecule has 0 rings (SSSR count). The molecule has 0 heterocycles. The molecule has 0 radical (unpaired) electrons. The highest BCUT2D eigenvalue weighted by molar-refractivity contribution is 4.64. The summed E-state index contributed by atoms with van der Waals surface area (Å²) >= 11 is 0. The summed E-state index contributed by atoms with van der Waals surface area (Å²) < 4.78 is 0. The molecular weight excluding hydrogens is 184 g/mol. The van der Waals surface area contributed by atoms with Gasteiger partial charge in [0.15, 0.2) is 0 Å². The van der Waals surface area contributed by atoms with E-state index in [4.69, 9.17) is 0 Å². The molecule has 0 spiro atoms. The first-order valence-corrected chi connectivity index (χ1v) is 6.20. The van der Waals surface area contributed by atoms with Gasteiger partial charge < -0.3 is 10.2 Å². The van der Waals surface area contributed by atoms with Gasteiger partial charge in [-0.05, 0) is 31.3 Å². The summed E-state index contributed by atoms with van der Waals surface area (Å²) in [5, 5.41) is 3.50. The Balaban J connectivity index is 3.31. The Bertz CT molecular complexity index is 147. The lowest BCUT2D eigenvalue weighted by Gasteiger charge is -2.21. The van der Waals surface area contributed by atoms with Crippen LogP contribution in [-0.2, 0) is 0 Å². The van der Waals surface area contributed by atoms with Crippen molar-refractivity contribution < 1.29 is 0 Å². The highest BCUT2D eigenvalue weighted by Crippen LogP contribution is 2.16. The molecule has 15 heavy (non-hydrogen) atoms. The quantitative estimate of drug-likeness (QED) is 0.655. The molecule has 0 bridgehead atoms. The summed E-state index contributed by atoms with van der Waals surface area (Å²) in [6.45, 7) is 16.0. The van der Waals surface area contributed by atoms with Crippen molar-refractivity contribution in [2.24, 2.45) is 11.3 Å². The van der Waals surface area contributed by atoms with Gasteiger partial charge in [-0.15, -0.1) is 0 Å². The molecule has 0 aliphatic heterocycles. The number of nitrogens with zero attached hydrogens (tertiary/aromatic N) is 1. The van der Waals surface area contributed by atoms with Crippen molar-refractivity contribution in [3.05, 3.63) is 0 Å². The first kappa shape index (κ1) is 14.9. The largest absolute Gasteiger partial charge is 0.315 e. The summed E-state index contributed by atoms with van der Waals surface area (Å²) in [5.41, 5.74) is 0.455. The second-order valence-electron chi connectivity index (χ2n) is 6.22. The third-order valence-electron chi connectivity index (χ3n) is 2.40. The molecule has 1 N–H and O–H groups in total. The molecule has 0 aliphatic rings. The topological polar surface area (TPSA) is 15.3 Å². The Morgan fingerprint density at radius 1 is 1.13 bits per heavy atom. The minimum atomic E-state index is 0.455. The minimum absolute atomic E-state index is 0.455. The number of hydrogen-bond donors (Lipinski definition) is 1. The van der Waals surface area contributed by atoms with Crippen molar-refractivity contribution in [3.63, 3.8) is 0 Å². The van der Waals surface area contributed by atoms with Crippen LogP contribution >= 0.6 is 0 Å². The fourth-order valence-electron chi connectivity index (χ4n) is 1.57. The maximum atomic E-state index is 3.50. The third-order valence-corrected chi connectivity index (χ3v) is 2.40. The molecular formula is C13H30N2. The number of likely N-dealkylation sites (N-methyl/N-ethyl adjacent to an activating group) is 1. The van der Waals surface area contributed by atoms with E-state index < -0.39 is 0 Å². The van der Waals surface area contributed by atoms with Crippen LogP contribution < -0.4 is 5.32 Å². The van der Waals surface area contributed by atoms with Gasteiger partial charge in [0.25, 0.3) is 0 Å². The van der Waals surface area contributed by atoms with E-state index in [-0.39, 0.29) is 0 Å². The zero-order valence-electron chi connectivity index (χ0n) is 11.6. The lowest BCUT2D eigenvalue weighted by atomic mass is 9.92. The average molecular weight is 214 g/mol. The number of rotatable bonds is 7. The van der Waals surface area contributed by atoms with Crippen LogP contribution in [0.4, 0.5) is 0 Å². The van der Waals surface area contributed by atoms with Gasteiger partial charge in [0.2, 0.25) is 0 Å². The molecule has 0 aliphatic carbocycles. The summed E-state index contributed by atoms with van der Waals surface area (Å²) in [5.74, 6) is 0.768. The highest BCUT2D eigenvalue weighted by Gasteiger charge is 2.08. The van der Waals surface area contributed by atoms with Crippen LogP contribution in [0.25, 0.3) is 0 Å². The molecule has 0 unspecified atom stereocenters. The van der Waals surface area contributed by atoms with Gasteiger partial charge in [0.1, 0.15) is 0 Å². The van der Waals surface area contributed by atoms with Crippen LogP contribution in [0, 0.1) is 11.3 Å². The molecule has 2 nitrogen and oxygen atoms in total. The molecule has 0 atom stereocenters. The summed E-state index contributed by atoms with van der Waals surface area (Å²) in [4.78, 5) is 2.40. The first-order valence-electron chi connectivity index (χ1n) is 6.20. The van der Waals surface area contributed by atoms with Crippen LogP contribution in [0.5, 0.6) is 0 Å². The van der Waals surface area contributed by atoms with Crippen molar-refractivity contribution in [2.45, 2.75) is 41.0 Å². The van der Waals surface area contributed by atoms with Crippen molar-refractivity contribution in [3.8, 4) is 0 Å². The zero-order chi connectivity index (χ0) is 11.9. The molecule has 0 aromatic rings. The Morgan fingerprint density at radius 3 is 2.20 bits per heavy atom. The average Bonchev–Trinajstić information content (AvgIpc) is 1.99. The van der Waals surface area contributed by atoms with E-state index >= 15 is 0 Å². The Kier molecular flexibility index (Phi) is 7.20. The van der Waals surface area contributed by atoms with Gasteiger partial charge in [-0.3, -0.25) is 0 Å². The van der Waals surface area contributed by atoms with Crippen LogP contribution in [0.1, 0.15) is 41.0 Å². The highest BCUT2D eigenvalue weighted by atomic mass is 15.1. The van der Waals surface area contributed by atoms with Crippen molar-refractivity contribution in [2.75, 3.05) is 33.2 Å². The monoisotopic (exact) mass is 214 g/mol. The summed E-state index contributed by atoms with van der Waals surface area (Å²) in [6.07, 6.45) is 1.25. The molecule has 0 aromatic heterocycles. The van der Waals surface area contributed by atoms with E-state index in [1.54, 1.807) is 0 Å². The third kappa shape index (κ3) is 11.8. The van der Waals surface area contributed by atoms with Crippen molar-refractivity contribution in [1.82, 2.24) is 10.2 Å². The first-order chi connectivity index (χ1) is 6.81. The van der Waals surface area contributed by atoms with E-state index in [9.17, 15) is 0 Å². The van der Waals surface area contributed by atoms with Gasteiger partial charge in [-0.2, -0.15) is 0 Å². The standard InChI is InChI=1S/C13H30N2/c1-12(2)11-15(6)10-9-14-8-7-13(3,4)5/h12,14H,7-11H2,1-6H3. The van der Waals surface area contributed by atoms with Crippen molar-refractivity contribution in [1.29, 1.82) is 0 Å². The van der Waals surface area contributed by atoms with Gasteiger partial charge >= 0.3 is 0 Å². The van der Waals surface area contributed by atoms with Crippen molar-refractivity contribution >= 4 is 0 Å². The molecule has 2 heteroatoms. The lowest BCUT2D eigenvalue weighted by molar-refractivity contribution is 0.290. The Hall–Kier alpha value is -0.0800. The van der Waals surface area contributed by atoms with Crippen LogP contribution in [0.15, 0.2) is 0 Å². The predicted molar refractivity (Wildman–Crippen MR) is 69.3 cm³/mol. The maximum Gasteiger partial charge on any atom is 0.0104 e. The van der Waals surface area contributed by atoms with Gasteiger partial charge in [0.05, 0.1) is 0 Å². The van der Waals surface area contributed by atoms with Crippen LogP contribution in [0.3, 0.4) is 0 Å². The fraction of sp³-hybridized carbons (Fsp3) is 1.00. The molecule has 0 saturated carbocycles. The fourth-order valence-corrected chi connectivity index (χ4v) is 1.57. The van der Waals surface area contributed by atoms with E-state index in [1.807, 2.05) is 0 Å². The zero-order valence-corrected chi connectivity index (χ0v) is 11.6. The second kappa shape index (κ2) is 7.24. The van der Waals surface area contributed by atoms with E-state index in [2.05, 4.69) is 51.9 Å². The SMILES string of the molecule is CC(C)CN(C)CCNCCC(C)(C)C. The Morgan fingerprint density at radius 2 is 1.73 bits per heavy atom. The van der Waals surface area contributed by atoms with E-state index in [0.717, 1.165) is 25.6 Å². The molecule has 0 saturated heterocycles. The summed E-state index contributed by atoms with van der Waals surface area (Å²) in [7, 11) is 2.20. The molecule has 0 fully saturated rings. The maximum absolute atomic E-state index is 3.50. The minimum Gasteiger partial charge on any atom is -0.315 e. The second-order valence-corrected chi connectivity index (χ2v) is 6.22.